The van der Waals surface area contributed by atoms with E-state index in [1.807, 2.05) is 75.9 Å². The first kappa shape index (κ1) is 20.5. The summed E-state index contributed by atoms with van der Waals surface area (Å²) in [6.07, 6.45) is 1.74. The molecule has 1 aromatic heterocycles. The van der Waals surface area contributed by atoms with Crippen LogP contribution in [-0.2, 0) is 9.59 Å². The molecule has 0 saturated carbocycles. The maximum atomic E-state index is 13.2. The van der Waals surface area contributed by atoms with Crippen LogP contribution < -0.4 is 5.69 Å². The van der Waals surface area contributed by atoms with Gasteiger partial charge in [-0.15, -0.1) is 0 Å². The number of carbonyl (C=O) groups excluding carboxylic acids is 2. The molecule has 0 bridgehead atoms. The molecule has 3 aromatic rings. The van der Waals surface area contributed by atoms with E-state index in [1.165, 1.54) is 0 Å². The molecule has 32 heavy (non-hydrogen) atoms. The molecular formula is C25H28N4O3. The van der Waals surface area contributed by atoms with E-state index in [9.17, 15) is 14.4 Å². The van der Waals surface area contributed by atoms with E-state index in [1.54, 1.807) is 0 Å². The second-order valence-corrected chi connectivity index (χ2v) is 8.91. The lowest BCUT2D eigenvalue weighted by atomic mass is 10.0. The zero-order chi connectivity index (χ0) is 22.2. The zero-order valence-electron chi connectivity index (χ0n) is 18.2. The fourth-order valence-corrected chi connectivity index (χ4v) is 5.22. The van der Waals surface area contributed by atoms with E-state index in [-0.39, 0.29) is 41.9 Å². The molecule has 3 heterocycles. The molecule has 2 fully saturated rings. The fraction of sp³-hybridized carbons (Fsp3) is 0.400. The molecule has 0 unspecified atom stereocenters. The predicted molar refractivity (Wildman–Crippen MR) is 122 cm³/mol. The number of rotatable bonds is 4. The van der Waals surface area contributed by atoms with E-state index < -0.39 is 0 Å². The van der Waals surface area contributed by atoms with Gasteiger partial charge in [-0.05, 0) is 37.5 Å². The topological polar surface area (TPSA) is 78.4 Å². The number of fused-ring (bicyclic) bond motifs is 1. The average molecular weight is 433 g/mol. The summed E-state index contributed by atoms with van der Waals surface area (Å²) in [7, 11) is 0. The Labute approximate surface area is 186 Å². The number of benzene rings is 2. The number of aromatic amines is 1. The van der Waals surface area contributed by atoms with Gasteiger partial charge in [0, 0.05) is 32.1 Å². The largest absolute Gasteiger partial charge is 0.342 e. The summed E-state index contributed by atoms with van der Waals surface area (Å²) >= 11 is 0. The van der Waals surface area contributed by atoms with Crippen molar-refractivity contribution < 1.29 is 9.59 Å². The number of para-hydroxylation sites is 2. The van der Waals surface area contributed by atoms with E-state index in [4.69, 9.17) is 0 Å². The Bertz CT molecular complexity index is 1190. The molecule has 0 radical (unpaired) electrons. The number of nitrogens with one attached hydrogen (secondary N) is 1. The summed E-state index contributed by atoms with van der Waals surface area (Å²) in [6, 6.07) is 17.7. The molecule has 1 N–H and O–H groups in total. The van der Waals surface area contributed by atoms with Crippen molar-refractivity contribution in [3.05, 3.63) is 70.6 Å². The lowest BCUT2D eigenvalue weighted by molar-refractivity contribution is -0.137. The average Bonchev–Trinajstić information content (AvgIpc) is 3.38. The number of likely N-dealkylation sites (tertiary alicyclic amines) is 2. The highest BCUT2D eigenvalue weighted by atomic mass is 16.2. The number of imidazole rings is 1. The molecule has 2 saturated heterocycles. The van der Waals surface area contributed by atoms with E-state index in [0.29, 0.717) is 19.6 Å². The molecule has 2 aliphatic heterocycles. The Hall–Kier alpha value is -3.35. The van der Waals surface area contributed by atoms with Gasteiger partial charge in [0.15, 0.2) is 0 Å². The smallest absolute Gasteiger partial charge is 0.326 e. The fourth-order valence-electron chi connectivity index (χ4n) is 5.22. The van der Waals surface area contributed by atoms with Crippen LogP contribution in [0.4, 0.5) is 0 Å². The molecule has 5 rings (SSSR count). The molecule has 2 aliphatic rings. The third kappa shape index (κ3) is 3.61. The minimum atomic E-state index is -0.291. The van der Waals surface area contributed by atoms with Crippen molar-refractivity contribution in [1.29, 1.82) is 0 Å². The number of piperidine rings is 1. The summed E-state index contributed by atoms with van der Waals surface area (Å²) in [5.74, 6) is -0.188. The molecule has 0 aliphatic carbocycles. The molecule has 0 spiro atoms. The standard InChI is InChI=1S/C25H28N4O3/c1-17(18-7-3-2-4-8-18)28-16-19(15-23(28)30)24(31)27-13-11-20(12-14-27)29-22-10-6-5-9-21(22)26-25(29)32/h2-10,17,19-20H,11-16H2,1H3,(H,26,32)/t17-,19-/m0/s1. The highest BCUT2D eigenvalue weighted by Gasteiger charge is 2.39. The maximum absolute atomic E-state index is 13.2. The van der Waals surface area contributed by atoms with Gasteiger partial charge >= 0.3 is 5.69 Å². The molecule has 7 nitrogen and oxygen atoms in total. The number of nitrogens with zero attached hydrogens (tertiary/aromatic N) is 3. The van der Waals surface area contributed by atoms with Crippen LogP contribution in [-0.4, -0.2) is 50.8 Å². The predicted octanol–water partition coefficient (Wildman–Crippen LogP) is 3.10. The summed E-state index contributed by atoms with van der Waals surface area (Å²) in [6.45, 7) is 3.70. The van der Waals surface area contributed by atoms with Gasteiger partial charge in [0.05, 0.1) is 23.0 Å². The number of H-pyrrole nitrogens is 1. The van der Waals surface area contributed by atoms with E-state index in [2.05, 4.69) is 4.98 Å². The first-order valence-electron chi connectivity index (χ1n) is 11.4. The van der Waals surface area contributed by atoms with Crippen molar-refractivity contribution in [3.8, 4) is 0 Å². The molecule has 7 heteroatoms. The van der Waals surface area contributed by atoms with Gasteiger partial charge in [-0.2, -0.15) is 0 Å². The number of hydrogen-bond acceptors (Lipinski definition) is 3. The summed E-state index contributed by atoms with van der Waals surface area (Å²) in [5, 5.41) is 0. The van der Waals surface area contributed by atoms with Crippen LogP contribution in [0.5, 0.6) is 0 Å². The molecular weight excluding hydrogens is 404 g/mol. The lowest BCUT2D eigenvalue weighted by Gasteiger charge is -2.34. The Kier molecular flexibility index (Phi) is 5.33. The Morgan fingerprint density at radius 3 is 2.44 bits per heavy atom. The summed E-state index contributed by atoms with van der Waals surface area (Å²) in [4.78, 5) is 45.0. The van der Waals surface area contributed by atoms with Gasteiger partial charge in [0.2, 0.25) is 11.8 Å². The Morgan fingerprint density at radius 2 is 1.69 bits per heavy atom. The minimum Gasteiger partial charge on any atom is -0.342 e. The number of hydrogen-bond donors (Lipinski definition) is 1. The second-order valence-electron chi connectivity index (χ2n) is 8.91. The third-order valence-electron chi connectivity index (χ3n) is 7.02. The van der Waals surface area contributed by atoms with Crippen molar-refractivity contribution in [3.63, 3.8) is 0 Å². The highest BCUT2D eigenvalue weighted by Crippen LogP contribution is 2.31. The van der Waals surface area contributed by atoms with Crippen LogP contribution in [0.25, 0.3) is 11.0 Å². The van der Waals surface area contributed by atoms with Crippen LogP contribution >= 0.6 is 0 Å². The highest BCUT2D eigenvalue weighted by molar-refractivity contribution is 5.89. The SMILES string of the molecule is C[C@@H](c1ccccc1)N1C[C@@H](C(=O)N2CCC(n3c(=O)[nH]c4ccccc43)CC2)CC1=O. The second kappa shape index (κ2) is 8.30. The molecule has 2 atom stereocenters. The van der Waals surface area contributed by atoms with Crippen LogP contribution in [0.1, 0.15) is 43.8 Å². The van der Waals surface area contributed by atoms with Crippen molar-refractivity contribution in [2.75, 3.05) is 19.6 Å². The van der Waals surface area contributed by atoms with Crippen molar-refractivity contribution in [2.24, 2.45) is 5.92 Å². The summed E-state index contributed by atoms with van der Waals surface area (Å²) in [5.41, 5.74) is 2.74. The monoisotopic (exact) mass is 432 g/mol. The van der Waals surface area contributed by atoms with Crippen molar-refractivity contribution in [2.45, 2.75) is 38.3 Å². The van der Waals surface area contributed by atoms with Gasteiger partial charge in [0.1, 0.15) is 0 Å². The Morgan fingerprint density at radius 1 is 1.00 bits per heavy atom. The van der Waals surface area contributed by atoms with Gasteiger partial charge in [-0.3, -0.25) is 14.2 Å². The van der Waals surface area contributed by atoms with E-state index in [0.717, 1.165) is 29.4 Å². The quantitative estimate of drug-likeness (QED) is 0.688. The Balaban J connectivity index is 1.23. The van der Waals surface area contributed by atoms with E-state index >= 15 is 0 Å². The van der Waals surface area contributed by atoms with Crippen molar-refractivity contribution in [1.82, 2.24) is 19.4 Å². The van der Waals surface area contributed by atoms with Crippen molar-refractivity contribution >= 4 is 22.8 Å². The zero-order valence-corrected chi connectivity index (χ0v) is 18.2. The van der Waals surface area contributed by atoms with Gasteiger partial charge in [0.25, 0.3) is 0 Å². The minimum absolute atomic E-state index is 0.0408. The van der Waals surface area contributed by atoms with Gasteiger partial charge in [-0.25, -0.2) is 4.79 Å². The van der Waals surface area contributed by atoms with Gasteiger partial charge in [-0.1, -0.05) is 42.5 Å². The lowest BCUT2D eigenvalue weighted by Crippen LogP contribution is -2.43. The summed E-state index contributed by atoms with van der Waals surface area (Å²) < 4.78 is 1.83. The number of amides is 2. The van der Waals surface area contributed by atoms with Crippen LogP contribution in [0.2, 0.25) is 0 Å². The first-order valence-corrected chi connectivity index (χ1v) is 11.4. The van der Waals surface area contributed by atoms with Gasteiger partial charge < -0.3 is 14.8 Å². The van der Waals surface area contributed by atoms with Crippen LogP contribution in [0.15, 0.2) is 59.4 Å². The number of aromatic nitrogens is 2. The first-order chi connectivity index (χ1) is 15.5. The third-order valence-corrected chi connectivity index (χ3v) is 7.02. The van der Waals surface area contributed by atoms with Crippen LogP contribution in [0, 0.1) is 5.92 Å². The molecule has 166 valence electrons. The normalized spacial score (nSPS) is 20.8. The molecule has 2 aromatic carbocycles. The maximum Gasteiger partial charge on any atom is 0.326 e. The van der Waals surface area contributed by atoms with Crippen LogP contribution in [0.3, 0.4) is 0 Å². The number of carbonyl (C=O) groups is 2. The molecule has 2 amide bonds.